The largest absolute Gasteiger partial charge is 0.382 e. The second kappa shape index (κ2) is 10.3. The minimum Gasteiger partial charge on any atom is -0.382 e. The van der Waals surface area contributed by atoms with Gasteiger partial charge < -0.3 is 22.2 Å². The van der Waals surface area contributed by atoms with Crippen LogP contribution in [0.3, 0.4) is 0 Å². The molecule has 1 unspecified atom stereocenters. The molecule has 0 amide bonds. The fraction of sp³-hybridized carbons (Fsp3) is 0.174. The average Bonchev–Trinajstić information content (AvgIpc) is 2.84. The number of anilines is 2. The molecule has 12 heteroatoms. The lowest BCUT2D eigenvalue weighted by atomic mass is 10.2. The summed E-state index contributed by atoms with van der Waals surface area (Å²) in [6.45, 7) is 2.43. The van der Waals surface area contributed by atoms with Crippen LogP contribution < -0.4 is 27.8 Å². The van der Waals surface area contributed by atoms with E-state index in [-0.39, 0.29) is 11.4 Å². The van der Waals surface area contributed by atoms with Crippen LogP contribution in [0.25, 0.3) is 10.9 Å². The minimum absolute atomic E-state index is 0.140. The molecular formula is C23H21ClFN9O. The van der Waals surface area contributed by atoms with E-state index in [2.05, 4.69) is 42.5 Å². The second-order valence-corrected chi connectivity index (χ2v) is 7.81. The van der Waals surface area contributed by atoms with Crippen molar-refractivity contribution >= 4 is 34.1 Å². The van der Waals surface area contributed by atoms with Gasteiger partial charge in [-0.1, -0.05) is 23.6 Å². The van der Waals surface area contributed by atoms with E-state index in [1.807, 2.05) is 0 Å². The standard InChI is InChI=1S/C23H21ClFN9O/c1-13(22-33-18-4-2-3-17(24)19(18)23(35)34(22)31-10-9-26)32-21-16(20(27)29-12-30-21)8-7-15-6-5-14(25)11-28-15/h2-6,11-13,31H,9-10,26H2,1H3,(H3,27,29,30,32). The van der Waals surface area contributed by atoms with E-state index in [4.69, 9.17) is 23.1 Å². The van der Waals surface area contributed by atoms with Crippen LogP contribution in [-0.4, -0.2) is 37.7 Å². The Labute approximate surface area is 204 Å². The molecule has 0 fully saturated rings. The highest BCUT2D eigenvalue weighted by Crippen LogP contribution is 2.24. The van der Waals surface area contributed by atoms with Gasteiger partial charge in [0, 0.05) is 13.1 Å². The summed E-state index contributed by atoms with van der Waals surface area (Å²) in [5, 5.41) is 3.78. The molecule has 0 radical (unpaired) electrons. The van der Waals surface area contributed by atoms with Crippen LogP contribution in [-0.2, 0) is 0 Å². The maximum Gasteiger partial charge on any atom is 0.281 e. The SMILES string of the molecule is CC(Nc1ncnc(N)c1C#Cc1ccc(F)cn1)c1nc2cccc(Cl)c2c(=O)n1NCCN. The number of nitrogens with two attached hydrogens (primary N) is 2. The fourth-order valence-corrected chi connectivity index (χ4v) is 3.55. The lowest BCUT2D eigenvalue weighted by Crippen LogP contribution is -2.37. The third kappa shape index (κ3) is 5.13. The van der Waals surface area contributed by atoms with Gasteiger partial charge in [-0.2, -0.15) is 0 Å². The van der Waals surface area contributed by atoms with Gasteiger partial charge in [-0.25, -0.2) is 29.0 Å². The van der Waals surface area contributed by atoms with Gasteiger partial charge in [0.1, 0.15) is 35.0 Å². The topological polar surface area (TPSA) is 150 Å². The Balaban J connectivity index is 1.75. The van der Waals surface area contributed by atoms with E-state index in [0.29, 0.717) is 51.9 Å². The van der Waals surface area contributed by atoms with Crippen molar-refractivity contribution in [3.05, 3.63) is 81.1 Å². The number of hydrogen-bond acceptors (Lipinski definition) is 9. The van der Waals surface area contributed by atoms with Crippen LogP contribution in [0.4, 0.5) is 16.0 Å². The van der Waals surface area contributed by atoms with Crippen molar-refractivity contribution in [3.63, 3.8) is 0 Å². The number of fused-ring (bicyclic) bond motifs is 1. The molecule has 0 spiro atoms. The van der Waals surface area contributed by atoms with Gasteiger partial charge in [-0.05, 0) is 37.1 Å². The molecule has 3 aromatic heterocycles. The van der Waals surface area contributed by atoms with Gasteiger partial charge in [0.05, 0.1) is 28.2 Å². The maximum atomic E-state index is 13.2. The highest BCUT2D eigenvalue weighted by Gasteiger charge is 2.20. The molecule has 1 aromatic carbocycles. The van der Waals surface area contributed by atoms with Crippen molar-refractivity contribution < 1.29 is 4.39 Å². The van der Waals surface area contributed by atoms with Gasteiger partial charge in [-0.15, -0.1) is 0 Å². The number of nitrogen functional groups attached to an aromatic ring is 1. The monoisotopic (exact) mass is 493 g/mol. The summed E-state index contributed by atoms with van der Waals surface area (Å²) in [7, 11) is 0. The third-order valence-corrected chi connectivity index (χ3v) is 5.26. The van der Waals surface area contributed by atoms with Crippen LogP contribution in [0.2, 0.25) is 5.02 Å². The Morgan fingerprint density at radius 3 is 2.77 bits per heavy atom. The molecule has 0 aliphatic heterocycles. The molecule has 178 valence electrons. The molecule has 6 N–H and O–H groups in total. The predicted molar refractivity (Wildman–Crippen MR) is 133 cm³/mol. The zero-order valence-corrected chi connectivity index (χ0v) is 19.3. The molecule has 35 heavy (non-hydrogen) atoms. The summed E-state index contributed by atoms with van der Waals surface area (Å²) in [6.07, 6.45) is 2.36. The average molecular weight is 494 g/mol. The van der Waals surface area contributed by atoms with Crippen molar-refractivity contribution in [2.24, 2.45) is 5.73 Å². The summed E-state index contributed by atoms with van der Waals surface area (Å²) < 4.78 is 14.4. The normalized spacial score (nSPS) is 11.5. The molecule has 3 heterocycles. The zero-order chi connectivity index (χ0) is 24.9. The second-order valence-electron chi connectivity index (χ2n) is 7.40. The number of nitrogens with one attached hydrogen (secondary N) is 2. The van der Waals surface area contributed by atoms with E-state index in [1.54, 1.807) is 25.1 Å². The highest BCUT2D eigenvalue weighted by atomic mass is 35.5. The van der Waals surface area contributed by atoms with Crippen molar-refractivity contribution in [1.29, 1.82) is 0 Å². The van der Waals surface area contributed by atoms with E-state index < -0.39 is 11.9 Å². The van der Waals surface area contributed by atoms with Crippen LogP contribution in [0.15, 0.2) is 47.7 Å². The Morgan fingerprint density at radius 2 is 2.03 bits per heavy atom. The molecule has 0 bridgehead atoms. The van der Waals surface area contributed by atoms with Crippen molar-refractivity contribution in [3.8, 4) is 11.8 Å². The number of pyridine rings is 1. The molecule has 0 saturated heterocycles. The number of halogens is 2. The summed E-state index contributed by atoms with van der Waals surface area (Å²) >= 11 is 6.27. The summed E-state index contributed by atoms with van der Waals surface area (Å²) in [5.41, 5.74) is 15.4. The molecule has 0 aliphatic carbocycles. The summed E-state index contributed by atoms with van der Waals surface area (Å²) in [6, 6.07) is 7.24. The van der Waals surface area contributed by atoms with Crippen molar-refractivity contribution in [2.75, 3.05) is 29.6 Å². The highest BCUT2D eigenvalue weighted by molar-refractivity contribution is 6.35. The van der Waals surface area contributed by atoms with Gasteiger partial charge in [0.15, 0.2) is 5.82 Å². The Hall–Kier alpha value is -4.27. The van der Waals surface area contributed by atoms with E-state index in [1.165, 1.54) is 23.1 Å². The number of rotatable bonds is 6. The number of hydrogen-bond donors (Lipinski definition) is 4. The molecule has 10 nitrogen and oxygen atoms in total. The van der Waals surface area contributed by atoms with Crippen molar-refractivity contribution in [1.82, 2.24) is 24.6 Å². The first kappa shape index (κ1) is 23.9. The number of benzene rings is 1. The molecule has 4 rings (SSSR count). The third-order valence-electron chi connectivity index (χ3n) is 4.95. The first-order chi connectivity index (χ1) is 16.9. The van der Waals surface area contributed by atoms with Crippen LogP contribution in [0.1, 0.15) is 30.0 Å². The van der Waals surface area contributed by atoms with E-state index in [9.17, 15) is 9.18 Å². The maximum absolute atomic E-state index is 13.2. The molecule has 4 aromatic rings. The van der Waals surface area contributed by atoms with E-state index in [0.717, 1.165) is 6.20 Å². The molecular weight excluding hydrogens is 473 g/mol. The Bertz CT molecular complexity index is 1500. The summed E-state index contributed by atoms with van der Waals surface area (Å²) in [4.78, 5) is 30.1. The lowest BCUT2D eigenvalue weighted by Gasteiger charge is -2.21. The summed E-state index contributed by atoms with van der Waals surface area (Å²) in [5.74, 6) is 6.08. The predicted octanol–water partition coefficient (Wildman–Crippen LogP) is 2.03. The minimum atomic E-state index is -0.532. The first-order valence-corrected chi connectivity index (χ1v) is 10.9. The van der Waals surface area contributed by atoms with Gasteiger partial charge in [-0.3, -0.25) is 4.79 Å². The Kier molecular flexibility index (Phi) is 7.05. The van der Waals surface area contributed by atoms with Gasteiger partial charge in [0.2, 0.25) is 0 Å². The number of aromatic nitrogens is 5. The Morgan fingerprint density at radius 1 is 1.20 bits per heavy atom. The molecule has 1 atom stereocenters. The van der Waals surface area contributed by atoms with E-state index >= 15 is 0 Å². The number of nitrogens with zero attached hydrogens (tertiary/aromatic N) is 5. The fourth-order valence-electron chi connectivity index (χ4n) is 3.30. The van der Waals surface area contributed by atoms with Gasteiger partial charge in [0.25, 0.3) is 5.56 Å². The lowest BCUT2D eigenvalue weighted by molar-refractivity contribution is 0.621. The van der Waals surface area contributed by atoms with Crippen LogP contribution in [0.5, 0.6) is 0 Å². The molecule has 0 aliphatic rings. The first-order valence-electron chi connectivity index (χ1n) is 10.5. The molecule has 0 saturated carbocycles. The quantitative estimate of drug-likeness (QED) is 0.296. The smallest absolute Gasteiger partial charge is 0.281 e. The van der Waals surface area contributed by atoms with Gasteiger partial charge >= 0.3 is 0 Å². The zero-order valence-electron chi connectivity index (χ0n) is 18.6. The van der Waals surface area contributed by atoms with Crippen LogP contribution >= 0.6 is 11.6 Å². The van der Waals surface area contributed by atoms with Crippen molar-refractivity contribution in [2.45, 2.75) is 13.0 Å². The van der Waals surface area contributed by atoms with Crippen LogP contribution in [0, 0.1) is 17.7 Å².